The SMILES string of the molecule is NCCN1Cc2ccccc2C1c1ccccc1. The molecule has 0 bridgehead atoms. The van der Waals surface area contributed by atoms with Crippen molar-refractivity contribution in [3.05, 3.63) is 71.3 Å². The molecular weight excluding hydrogens is 220 g/mol. The number of hydrogen-bond donors (Lipinski definition) is 1. The Morgan fingerprint density at radius 2 is 1.72 bits per heavy atom. The summed E-state index contributed by atoms with van der Waals surface area (Å²) in [6.07, 6.45) is 0. The third kappa shape index (κ3) is 1.94. The standard InChI is InChI=1S/C16H18N2/c17-10-11-18-12-14-8-4-5-9-15(14)16(18)13-6-2-1-3-7-13/h1-9,16H,10-12,17H2. The third-order valence-electron chi connectivity index (χ3n) is 3.62. The number of nitrogens with zero attached hydrogens (tertiary/aromatic N) is 1. The van der Waals surface area contributed by atoms with Crippen LogP contribution in [0.2, 0.25) is 0 Å². The zero-order valence-corrected chi connectivity index (χ0v) is 10.4. The summed E-state index contributed by atoms with van der Waals surface area (Å²) in [5, 5.41) is 0. The third-order valence-corrected chi connectivity index (χ3v) is 3.62. The molecular formula is C16H18N2. The molecule has 0 spiro atoms. The van der Waals surface area contributed by atoms with Crippen molar-refractivity contribution in [2.75, 3.05) is 13.1 Å². The van der Waals surface area contributed by atoms with E-state index >= 15 is 0 Å². The van der Waals surface area contributed by atoms with Crippen LogP contribution >= 0.6 is 0 Å². The quantitative estimate of drug-likeness (QED) is 0.890. The van der Waals surface area contributed by atoms with Gasteiger partial charge in [0, 0.05) is 19.6 Å². The van der Waals surface area contributed by atoms with Crippen molar-refractivity contribution in [3.8, 4) is 0 Å². The Kier molecular flexibility index (Phi) is 3.13. The summed E-state index contributed by atoms with van der Waals surface area (Å²) in [4.78, 5) is 2.46. The molecule has 18 heavy (non-hydrogen) atoms. The van der Waals surface area contributed by atoms with Gasteiger partial charge in [0.2, 0.25) is 0 Å². The second-order valence-electron chi connectivity index (χ2n) is 4.77. The maximum atomic E-state index is 5.74. The van der Waals surface area contributed by atoms with Crippen LogP contribution in [0.5, 0.6) is 0 Å². The number of hydrogen-bond acceptors (Lipinski definition) is 2. The minimum Gasteiger partial charge on any atom is -0.329 e. The Morgan fingerprint density at radius 3 is 2.50 bits per heavy atom. The van der Waals surface area contributed by atoms with E-state index in [9.17, 15) is 0 Å². The monoisotopic (exact) mass is 238 g/mol. The molecule has 0 saturated carbocycles. The molecule has 1 unspecified atom stereocenters. The van der Waals surface area contributed by atoms with Crippen molar-refractivity contribution in [3.63, 3.8) is 0 Å². The number of benzene rings is 2. The van der Waals surface area contributed by atoms with Crippen molar-refractivity contribution in [2.45, 2.75) is 12.6 Å². The van der Waals surface area contributed by atoms with Gasteiger partial charge in [0.25, 0.3) is 0 Å². The molecule has 0 aromatic heterocycles. The molecule has 1 aliphatic heterocycles. The van der Waals surface area contributed by atoms with Crippen LogP contribution in [0, 0.1) is 0 Å². The molecule has 2 nitrogen and oxygen atoms in total. The van der Waals surface area contributed by atoms with Crippen molar-refractivity contribution in [2.24, 2.45) is 5.73 Å². The molecule has 92 valence electrons. The van der Waals surface area contributed by atoms with Gasteiger partial charge in [-0.05, 0) is 16.7 Å². The van der Waals surface area contributed by atoms with E-state index in [1.165, 1.54) is 16.7 Å². The molecule has 2 heteroatoms. The first-order chi connectivity index (χ1) is 8.90. The number of nitrogens with two attached hydrogens (primary N) is 1. The van der Waals surface area contributed by atoms with Crippen LogP contribution in [0.3, 0.4) is 0 Å². The van der Waals surface area contributed by atoms with E-state index in [2.05, 4.69) is 59.5 Å². The average molecular weight is 238 g/mol. The van der Waals surface area contributed by atoms with Crippen LogP contribution in [0.1, 0.15) is 22.7 Å². The van der Waals surface area contributed by atoms with Crippen molar-refractivity contribution in [1.29, 1.82) is 0 Å². The normalized spacial score (nSPS) is 18.8. The molecule has 0 aliphatic carbocycles. The fourth-order valence-electron chi connectivity index (χ4n) is 2.85. The highest BCUT2D eigenvalue weighted by Gasteiger charge is 2.30. The van der Waals surface area contributed by atoms with E-state index in [4.69, 9.17) is 5.73 Å². The van der Waals surface area contributed by atoms with Gasteiger partial charge in [-0.25, -0.2) is 0 Å². The Morgan fingerprint density at radius 1 is 1.00 bits per heavy atom. The average Bonchev–Trinajstić information content (AvgIpc) is 2.78. The summed E-state index contributed by atoms with van der Waals surface area (Å²) in [6.45, 7) is 2.65. The molecule has 1 aliphatic rings. The van der Waals surface area contributed by atoms with Crippen LogP contribution in [-0.2, 0) is 6.54 Å². The van der Waals surface area contributed by atoms with E-state index in [-0.39, 0.29) is 0 Å². The lowest BCUT2D eigenvalue weighted by atomic mass is 9.98. The Labute approximate surface area is 108 Å². The smallest absolute Gasteiger partial charge is 0.0608 e. The lowest BCUT2D eigenvalue weighted by molar-refractivity contribution is 0.251. The Hall–Kier alpha value is -1.64. The number of rotatable bonds is 3. The lowest BCUT2D eigenvalue weighted by Gasteiger charge is -2.24. The van der Waals surface area contributed by atoms with E-state index in [1.807, 2.05) is 0 Å². The molecule has 2 aromatic carbocycles. The molecule has 0 amide bonds. The van der Waals surface area contributed by atoms with Gasteiger partial charge in [-0.15, -0.1) is 0 Å². The highest BCUT2D eigenvalue weighted by atomic mass is 15.2. The van der Waals surface area contributed by atoms with Gasteiger partial charge in [0.1, 0.15) is 0 Å². The summed E-state index contributed by atoms with van der Waals surface area (Å²) in [5.41, 5.74) is 9.96. The summed E-state index contributed by atoms with van der Waals surface area (Å²) < 4.78 is 0. The Balaban J connectivity index is 2.03. The summed E-state index contributed by atoms with van der Waals surface area (Å²) in [6, 6.07) is 19.8. The van der Waals surface area contributed by atoms with Gasteiger partial charge < -0.3 is 5.73 Å². The summed E-state index contributed by atoms with van der Waals surface area (Å²) in [7, 11) is 0. The molecule has 0 radical (unpaired) electrons. The van der Waals surface area contributed by atoms with Crippen LogP contribution in [0.4, 0.5) is 0 Å². The Bertz CT molecular complexity index is 522. The van der Waals surface area contributed by atoms with Crippen molar-refractivity contribution in [1.82, 2.24) is 4.90 Å². The second-order valence-corrected chi connectivity index (χ2v) is 4.77. The van der Waals surface area contributed by atoms with E-state index in [0.717, 1.165) is 13.1 Å². The molecule has 3 rings (SSSR count). The summed E-state index contributed by atoms with van der Waals surface area (Å²) >= 11 is 0. The molecule has 0 saturated heterocycles. The molecule has 2 N–H and O–H groups in total. The maximum Gasteiger partial charge on any atom is 0.0608 e. The zero-order valence-electron chi connectivity index (χ0n) is 10.4. The van der Waals surface area contributed by atoms with Crippen LogP contribution in [0.25, 0.3) is 0 Å². The van der Waals surface area contributed by atoms with Gasteiger partial charge >= 0.3 is 0 Å². The zero-order chi connectivity index (χ0) is 12.4. The fourth-order valence-corrected chi connectivity index (χ4v) is 2.85. The topological polar surface area (TPSA) is 29.3 Å². The summed E-state index contributed by atoms with van der Waals surface area (Å²) in [5.74, 6) is 0. The largest absolute Gasteiger partial charge is 0.329 e. The fraction of sp³-hybridized carbons (Fsp3) is 0.250. The lowest BCUT2D eigenvalue weighted by Crippen LogP contribution is -2.28. The van der Waals surface area contributed by atoms with Crippen molar-refractivity contribution < 1.29 is 0 Å². The molecule has 0 fully saturated rings. The minimum absolute atomic E-state index is 0.367. The predicted molar refractivity (Wildman–Crippen MR) is 74.2 cm³/mol. The first-order valence-corrected chi connectivity index (χ1v) is 6.47. The predicted octanol–water partition coefficient (Wildman–Crippen LogP) is 2.55. The van der Waals surface area contributed by atoms with Gasteiger partial charge in [-0.1, -0.05) is 54.6 Å². The van der Waals surface area contributed by atoms with Crippen LogP contribution in [-0.4, -0.2) is 18.0 Å². The molecule has 1 atom stereocenters. The van der Waals surface area contributed by atoms with E-state index in [0.29, 0.717) is 12.6 Å². The van der Waals surface area contributed by atoms with E-state index < -0.39 is 0 Å². The van der Waals surface area contributed by atoms with Gasteiger partial charge in [-0.3, -0.25) is 4.90 Å². The molecule has 1 heterocycles. The molecule has 2 aromatic rings. The second kappa shape index (κ2) is 4.92. The first kappa shape index (κ1) is 11.5. The van der Waals surface area contributed by atoms with Gasteiger partial charge in [0.05, 0.1) is 6.04 Å². The van der Waals surface area contributed by atoms with Gasteiger partial charge in [0.15, 0.2) is 0 Å². The number of fused-ring (bicyclic) bond motifs is 1. The maximum absolute atomic E-state index is 5.74. The minimum atomic E-state index is 0.367. The van der Waals surface area contributed by atoms with Crippen LogP contribution in [0.15, 0.2) is 54.6 Å². The van der Waals surface area contributed by atoms with Crippen LogP contribution < -0.4 is 5.73 Å². The van der Waals surface area contributed by atoms with Gasteiger partial charge in [-0.2, -0.15) is 0 Å². The first-order valence-electron chi connectivity index (χ1n) is 6.47. The van der Waals surface area contributed by atoms with Crippen molar-refractivity contribution >= 4 is 0 Å². The highest BCUT2D eigenvalue weighted by Crippen LogP contribution is 2.37. The van der Waals surface area contributed by atoms with E-state index in [1.54, 1.807) is 0 Å². The highest BCUT2D eigenvalue weighted by molar-refractivity contribution is 5.41.